The predicted octanol–water partition coefficient (Wildman–Crippen LogP) is 3.85. The Kier molecular flexibility index (Phi) is 7.54. The molecular formula is C23H30N2O2S. The molecule has 28 heavy (non-hydrogen) atoms. The number of aliphatic carboxylic acids is 1. The number of nitrogens with one attached hydrogen (secondary N) is 1. The van der Waals surface area contributed by atoms with E-state index in [2.05, 4.69) is 83.5 Å². The first-order chi connectivity index (χ1) is 13.6. The number of carboxylic acids is 1. The molecule has 0 unspecified atom stereocenters. The highest BCUT2D eigenvalue weighted by molar-refractivity contribution is 7.80. The summed E-state index contributed by atoms with van der Waals surface area (Å²) in [7, 11) is 0. The van der Waals surface area contributed by atoms with Gasteiger partial charge in [-0.1, -0.05) is 60.7 Å². The van der Waals surface area contributed by atoms with Crippen molar-refractivity contribution in [3.63, 3.8) is 0 Å². The Hall–Kier alpha value is -1.82. The minimum atomic E-state index is -0.693. The van der Waals surface area contributed by atoms with Crippen LogP contribution in [0.2, 0.25) is 0 Å². The van der Waals surface area contributed by atoms with Crippen LogP contribution < -0.4 is 5.32 Å². The second-order valence-corrected chi connectivity index (χ2v) is 8.05. The van der Waals surface area contributed by atoms with Gasteiger partial charge in [-0.25, -0.2) is 0 Å². The van der Waals surface area contributed by atoms with Gasteiger partial charge < -0.3 is 10.4 Å². The SMILES string of the molecule is O=C(O)CC1(CS)CC1.c1ccc(C(c2ccccc2)N2CCNCC2)cc1. The average molecular weight is 399 g/mol. The zero-order valence-corrected chi connectivity index (χ0v) is 17.2. The lowest BCUT2D eigenvalue weighted by Crippen LogP contribution is -2.45. The first-order valence-electron chi connectivity index (χ1n) is 10.0. The first-order valence-corrected chi connectivity index (χ1v) is 10.6. The third-order valence-electron chi connectivity index (χ3n) is 5.57. The highest BCUT2D eigenvalue weighted by atomic mass is 32.1. The molecule has 0 amide bonds. The van der Waals surface area contributed by atoms with E-state index >= 15 is 0 Å². The zero-order valence-electron chi connectivity index (χ0n) is 16.3. The zero-order chi connectivity index (χ0) is 19.8. The molecule has 0 spiro atoms. The number of piperazine rings is 1. The van der Waals surface area contributed by atoms with Crippen LogP contribution in [-0.2, 0) is 4.79 Å². The number of hydrogen-bond acceptors (Lipinski definition) is 4. The maximum atomic E-state index is 10.2. The molecule has 0 atom stereocenters. The maximum Gasteiger partial charge on any atom is 0.303 e. The monoisotopic (exact) mass is 398 g/mol. The molecular weight excluding hydrogens is 368 g/mol. The standard InChI is InChI=1S/C17H20N2.C6H10O2S/c1-3-7-15(8-4-1)17(16-9-5-2-6-10-16)19-13-11-18-12-14-19;7-5(8)3-6(4-9)1-2-6/h1-10,17-18H,11-14H2;9H,1-4H2,(H,7,8). The van der Waals surface area contributed by atoms with Crippen molar-refractivity contribution in [3.8, 4) is 0 Å². The maximum absolute atomic E-state index is 10.2. The van der Waals surface area contributed by atoms with Crippen LogP contribution in [0.15, 0.2) is 60.7 Å². The minimum absolute atomic E-state index is 0.0783. The lowest BCUT2D eigenvalue weighted by Gasteiger charge is -2.35. The van der Waals surface area contributed by atoms with Gasteiger partial charge in [0.15, 0.2) is 0 Å². The highest BCUT2D eigenvalue weighted by Crippen LogP contribution is 2.49. The van der Waals surface area contributed by atoms with Crippen LogP contribution in [0, 0.1) is 5.41 Å². The summed E-state index contributed by atoms with van der Waals surface area (Å²) in [6.45, 7) is 4.37. The van der Waals surface area contributed by atoms with Crippen LogP contribution >= 0.6 is 12.6 Å². The van der Waals surface area contributed by atoms with E-state index in [1.165, 1.54) is 11.1 Å². The van der Waals surface area contributed by atoms with E-state index in [1.54, 1.807) is 0 Å². The summed E-state index contributed by atoms with van der Waals surface area (Å²) >= 11 is 4.07. The topological polar surface area (TPSA) is 52.6 Å². The molecule has 5 heteroatoms. The highest BCUT2D eigenvalue weighted by Gasteiger charge is 2.42. The quantitative estimate of drug-likeness (QED) is 0.647. The molecule has 1 aliphatic heterocycles. The van der Waals surface area contributed by atoms with Gasteiger partial charge in [0.2, 0.25) is 0 Å². The van der Waals surface area contributed by atoms with Crippen LogP contribution in [0.4, 0.5) is 0 Å². The van der Waals surface area contributed by atoms with E-state index in [4.69, 9.17) is 5.11 Å². The van der Waals surface area contributed by atoms with Crippen molar-refractivity contribution < 1.29 is 9.90 Å². The minimum Gasteiger partial charge on any atom is -0.481 e. The van der Waals surface area contributed by atoms with E-state index in [0.29, 0.717) is 12.5 Å². The van der Waals surface area contributed by atoms with Crippen LogP contribution in [-0.4, -0.2) is 47.9 Å². The van der Waals surface area contributed by atoms with Crippen LogP contribution in [0.5, 0.6) is 0 Å². The molecule has 4 rings (SSSR count). The summed E-state index contributed by atoms with van der Waals surface area (Å²) in [5, 5.41) is 11.8. The summed E-state index contributed by atoms with van der Waals surface area (Å²) in [6.07, 6.45) is 2.39. The van der Waals surface area contributed by atoms with E-state index in [1.807, 2.05) is 0 Å². The fourth-order valence-electron chi connectivity index (χ4n) is 3.71. The van der Waals surface area contributed by atoms with Crippen molar-refractivity contribution in [2.24, 2.45) is 5.41 Å². The Labute approximate surface area is 173 Å². The summed E-state index contributed by atoms with van der Waals surface area (Å²) in [6, 6.07) is 22.0. The summed E-state index contributed by atoms with van der Waals surface area (Å²) in [5.74, 6) is 0.0285. The molecule has 1 saturated heterocycles. The number of thiol groups is 1. The third kappa shape index (κ3) is 5.84. The normalized spacial score (nSPS) is 18.2. The van der Waals surface area contributed by atoms with Crippen LogP contribution in [0.25, 0.3) is 0 Å². The van der Waals surface area contributed by atoms with Gasteiger partial charge in [0.05, 0.1) is 12.5 Å². The molecule has 150 valence electrons. The van der Waals surface area contributed by atoms with E-state index in [-0.39, 0.29) is 5.41 Å². The van der Waals surface area contributed by atoms with E-state index in [0.717, 1.165) is 44.8 Å². The van der Waals surface area contributed by atoms with Gasteiger partial charge in [-0.15, -0.1) is 0 Å². The third-order valence-corrected chi connectivity index (χ3v) is 6.24. The van der Waals surface area contributed by atoms with Crippen molar-refractivity contribution >= 4 is 18.6 Å². The van der Waals surface area contributed by atoms with Gasteiger partial charge in [-0.3, -0.25) is 9.69 Å². The van der Waals surface area contributed by atoms with Gasteiger partial charge in [-0.2, -0.15) is 12.6 Å². The summed E-state index contributed by atoms with van der Waals surface area (Å²) < 4.78 is 0. The van der Waals surface area contributed by atoms with Gasteiger partial charge in [0.25, 0.3) is 0 Å². The molecule has 2 aliphatic rings. The van der Waals surface area contributed by atoms with Gasteiger partial charge in [0, 0.05) is 26.2 Å². The molecule has 4 nitrogen and oxygen atoms in total. The summed E-state index contributed by atoms with van der Waals surface area (Å²) in [4.78, 5) is 12.8. The van der Waals surface area contributed by atoms with Crippen molar-refractivity contribution in [2.75, 3.05) is 31.9 Å². The molecule has 1 heterocycles. The average Bonchev–Trinajstić information content (AvgIpc) is 3.50. The molecule has 0 radical (unpaired) electrons. The van der Waals surface area contributed by atoms with Gasteiger partial charge in [-0.05, 0) is 35.1 Å². The second-order valence-electron chi connectivity index (χ2n) is 7.74. The predicted molar refractivity (Wildman–Crippen MR) is 117 cm³/mol. The Balaban J connectivity index is 0.000000211. The van der Waals surface area contributed by atoms with Crippen molar-refractivity contribution in [1.29, 1.82) is 0 Å². The number of nitrogens with zero attached hydrogens (tertiary/aromatic N) is 1. The molecule has 2 N–H and O–H groups in total. The fourth-order valence-corrected chi connectivity index (χ4v) is 4.14. The van der Waals surface area contributed by atoms with Crippen LogP contribution in [0.1, 0.15) is 36.4 Å². The largest absolute Gasteiger partial charge is 0.481 e. The molecule has 2 aromatic rings. The number of hydrogen-bond donors (Lipinski definition) is 3. The van der Waals surface area contributed by atoms with E-state index < -0.39 is 5.97 Å². The number of rotatable bonds is 6. The molecule has 0 aromatic heterocycles. The van der Waals surface area contributed by atoms with Crippen molar-refractivity contribution in [2.45, 2.75) is 25.3 Å². The molecule has 0 bridgehead atoms. The van der Waals surface area contributed by atoms with Gasteiger partial charge in [0.1, 0.15) is 0 Å². The fraction of sp³-hybridized carbons (Fsp3) is 0.435. The van der Waals surface area contributed by atoms with E-state index in [9.17, 15) is 4.79 Å². The number of carboxylic acid groups (broad SMARTS) is 1. The lowest BCUT2D eigenvalue weighted by atomic mass is 9.96. The van der Waals surface area contributed by atoms with Crippen LogP contribution in [0.3, 0.4) is 0 Å². The number of benzene rings is 2. The van der Waals surface area contributed by atoms with Crippen molar-refractivity contribution in [3.05, 3.63) is 71.8 Å². The molecule has 1 saturated carbocycles. The molecule has 2 fully saturated rings. The Morgan fingerprint density at radius 3 is 1.86 bits per heavy atom. The lowest BCUT2D eigenvalue weighted by molar-refractivity contribution is -0.138. The first kappa shape index (κ1) is 20.9. The smallest absolute Gasteiger partial charge is 0.303 e. The Bertz CT molecular complexity index is 689. The molecule has 2 aromatic carbocycles. The number of carbonyl (C=O) groups is 1. The Morgan fingerprint density at radius 1 is 1.00 bits per heavy atom. The van der Waals surface area contributed by atoms with Crippen molar-refractivity contribution in [1.82, 2.24) is 10.2 Å². The second kappa shape index (κ2) is 10.1. The summed E-state index contributed by atoms with van der Waals surface area (Å²) in [5.41, 5.74) is 2.85. The van der Waals surface area contributed by atoms with Gasteiger partial charge >= 0.3 is 5.97 Å². The molecule has 1 aliphatic carbocycles. The Morgan fingerprint density at radius 2 is 1.50 bits per heavy atom.